The Labute approximate surface area is 129 Å². The SMILES string of the molecule is CN(Cc1nc2ccccc2o1)C1Cc2ccccc2C1O. The zero-order valence-corrected chi connectivity index (χ0v) is 12.4. The van der Waals surface area contributed by atoms with Crippen molar-refractivity contribution >= 4 is 11.1 Å². The molecular weight excluding hydrogens is 276 g/mol. The quantitative estimate of drug-likeness (QED) is 0.807. The van der Waals surface area contributed by atoms with E-state index in [2.05, 4.69) is 16.0 Å². The number of hydrogen-bond donors (Lipinski definition) is 1. The number of aliphatic hydroxyl groups excluding tert-OH is 1. The average molecular weight is 294 g/mol. The van der Waals surface area contributed by atoms with Crippen LogP contribution in [0.4, 0.5) is 0 Å². The molecule has 0 amide bonds. The molecule has 1 aromatic heterocycles. The van der Waals surface area contributed by atoms with Crippen LogP contribution in [0.1, 0.15) is 23.1 Å². The van der Waals surface area contributed by atoms with E-state index < -0.39 is 6.10 Å². The summed E-state index contributed by atoms with van der Waals surface area (Å²) in [7, 11) is 2.01. The summed E-state index contributed by atoms with van der Waals surface area (Å²) in [6.45, 7) is 0.588. The Morgan fingerprint density at radius 1 is 1.18 bits per heavy atom. The predicted octanol–water partition coefficient (Wildman–Crippen LogP) is 2.92. The number of hydrogen-bond acceptors (Lipinski definition) is 4. The lowest BCUT2D eigenvalue weighted by atomic mass is 10.1. The van der Waals surface area contributed by atoms with E-state index in [1.54, 1.807) is 0 Å². The summed E-state index contributed by atoms with van der Waals surface area (Å²) in [5, 5.41) is 10.5. The van der Waals surface area contributed by atoms with Gasteiger partial charge in [-0.3, -0.25) is 4.90 Å². The highest BCUT2D eigenvalue weighted by Crippen LogP contribution is 2.34. The van der Waals surface area contributed by atoms with Crippen LogP contribution < -0.4 is 0 Å². The van der Waals surface area contributed by atoms with Crippen molar-refractivity contribution in [2.75, 3.05) is 7.05 Å². The highest BCUT2D eigenvalue weighted by atomic mass is 16.3. The van der Waals surface area contributed by atoms with Gasteiger partial charge in [-0.15, -0.1) is 0 Å². The van der Waals surface area contributed by atoms with Gasteiger partial charge in [0.15, 0.2) is 5.58 Å². The van der Waals surface area contributed by atoms with E-state index in [1.807, 2.05) is 49.5 Å². The first-order valence-corrected chi connectivity index (χ1v) is 7.53. The first-order valence-electron chi connectivity index (χ1n) is 7.53. The Hall–Kier alpha value is -2.17. The van der Waals surface area contributed by atoms with Gasteiger partial charge in [-0.25, -0.2) is 4.98 Å². The third kappa shape index (κ3) is 2.21. The number of fused-ring (bicyclic) bond motifs is 2. The Morgan fingerprint density at radius 2 is 1.95 bits per heavy atom. The Morgan fingerprint density at radius 3 is 2.77 bits per heavy atom. The standard InChI is InChI=1S/C18H18N2O2/c1-20(11-17-19-14-8-4-5-9-16(14)22-17)15-10-12-6-2-3-7-13(12)18(15)21/h2-9,15,18,21H,10-11H2,1H3. The van der Waals surface area contributed by atoms with Crippen LogP contribution in [0.5, 0.6) is 0 Å². The maximum Gasteiger partial charge on any atom is 0.209 e. The third-order valence-corrected chi connectivity index (χ3v) is 4.46. The Balaban J connectivity index is 1.54. The van der Waals surface area contributed by atoms with Gasteiger partial charge < -0.3 is 9.52 Å². The lowest BCUT2D eigenvalue weighted by Crippen LogP contribution is -2.34. The second kappa shape index (κ2) is 5.23. The summed E-state index contributed by atoms with van der Waals surface area (Å²) in [5.41, 5.74) is 3.95. The molecule has 2 aromatic carbocycles. The van der Waals surface area contributed by atoms with Crippen molar-refractivity contribution in [3.63, 3.8) is 0 Å². The van der Waals surface area contributed by atoms with E-state index in [0.717, 1.165) is 23.1 Å². The van der Waals surface area contributed by atoms with E-state index in [0.29, 0.717) is 12.4 Å². The van der Waals surface area contributed by atoms with Gasteiger partial charge in [-0.05, 0) is 36.7 Å². The molecule has 112 valence electrons. The van der Waals surface area contributed by atoms with Crippen molar-refractivity contribution in [3.05, 3.63) is 65.5 Å². The maximum absolute atomic E-state index is 10.5. The molecule has 0 bridgehead atoms. The second-order valence-electron chi connectivity index (χ2n) is 5.91. The monoisotopic (exact) mass is 294 g/mol. The number of nitrogens with zero attached hydrogens (tertiary/aromatic N) is 2. The van der Waals surface area contributed by atoms with Gasteiger partial charge in [0, 0.05) is 6.04 Å². The van der Waals surface area contributed by atoms with Crippen molar-refractivity contribution in [3.8, 4) is 0 Å². The molecule has 1 aliphatic carbocycles. The summed E-state index contributed by atoms with van der Waals surface area (Å²) < 4.78 is 5.78. The summed E-state index contributed by atoms with van der Waals surface area (Å²) in [6.07, 6.45) is 0.402. The molecule has 0 radical (unpaired) electrons. The highest BCUT2D eigenvalue weighted by Gasteiger charge is 2.33. The zero-order valence-electron chi connectivity index (χ0n) is 12.4. The fraction of sp³-hybridized carbons (Fsp3) is 0.278. The lowest BCUT2D eigenvalue weighted by Gasteiger charge is -2.25. The Kier molecular flexibility index (Phi) is 3.21. The summed E-state index contributed by atoms with van der Waals surface area (Å²) in [6, 6.07) is 15.9. The third-order valence-electron chi connectivity index (χ3n) is 4.46. The van der Waals surface area contributed by atoms with E-state index in [1.165, 1.54) is 5.56 Å². The van der Waals surface area contributed by atoms with Crippen LogP contribution in [0, 0.1) is 0 Å². The van der Waals surface area contributed by atoms with Gasteiger partial charge in [0.25, 0.3) is 0 Å². The fourth-order valence-corrected chi connectivity index (χ4v) is 3.27. The van der Waals surface area contributed by atoms with Gasteiger partial charge in [0.2, 0.25) is 5.89 Å². The highest BCUT2D eigenvalue weighted by molar-refractivity contribution is 5.72. The van der Waals surface area contributed by atoms with Gasteiger partial charge in [-0.1, -0.05) is 36.4 Å². The van der Waals surface area contributed by atoms with Crippen molar-refractivity contribution in [1.29, 1.82) is 0 Å². The number of para-hydroxylation sites is 2. The smallest absolute Gasteiger partial charge is 0.209 e. The summed E-state index contributed by atoms with van der Waals surface area (Å²) in [5.74, 6) is 0.687. The zero-order chi connectivity index (χ0) is 15.1. The van der Waals surface area contributed by atoms with Crippen LogP contribution in [0.2, 0.25) is 0 Å². The predicted molar refractivity (Wildman–Crippen MR) is 84.4 cm³/mol. The van der Waals surface area contributed by atoms with Gasteiger partial charge >= 0.3 is 0 Å². The molecule has 4 rings (SSSR count). The molecule has 22 heavy (non-hydrogen) atoms. The molecule has 2 unspecified atom stereocenters. The molecule has 0 aliphatic heterocycles. The lowest BCUT2D eigenvalue weighted by molar-refractivity contribution is 0.0679. The van der Waals surface area contributed by atoms with Gasteiger partial charge in [0.05, 0.1) is 12.6 Å². The van der Waals surface area contributed by atoms with Crippen LogP contribution in [0.25, 0.3) is 11.1 Å². The van der Waals surface area contributed by atoms with E-state index in [9.17, 15) is 5.11 Å². The van der Waals surface area contributed by atoms with E-state index >= 15 is 0 Å². The fourth-order valence-electron chi connectivity index (χ4n) is 3.27. The second-order valence-corrected chi connectivity index (χ2v) is 5.91. The molecule has 0 saturated carbocycles. The first kappa shape index (κ1) is 13.5. The maximum atomic E-state index is 10.5. The minimum Gasteiger partial charge on any atom is -0.439 e. The molecule has 0 saturated heterocycles. The normalized spacial score (nSPS) is 20.7. The van der Waals surface area contributed by atoms with Crippen LogP contribution in [-0.4, -0.2) is 28.1 Å². The summed E-state index contributed by atoms with van der Waals surface area (Å²) >= 11 is 0. The largest absolute Gasteiger partial charge is 0.439 e. The molecule has 3 aromatic rings. The van der Waals surface area contributed by atoms with Crippen molar-refractivity contribution in [2.45, 2.75) is 25.1 Å². The van der Waals surface area contributed by atoms with Crippen LogP contribution in [0.15, 0.2) is 52.9 Å². The molecule has 2 atom stereocenters. The van der Waals surface area contributed by atoms with Crippen LogP contribution >= 0.6 is 0 Å². The number of aliphatic hydroxyl groups is 1. The molecule has 1 N–H and O–H groups in total. The van der Waals surface area contributed by atoms with Crippen molar-refractivity contribution in [1.82, 2.24) is 9.88 Å². The van der Waals surface area contributed by atoms with E-state index in [-0.39, 0.29) is 6.04 Å². The molecule has 1 heterocycles. The minimum atomic E-state index is -0.453. The van der Waals surface area contributed by atoms with Crippen LogP contribution in [-0.2, 0) is 13.0 Å². The molecule has 4 nitrogen and oxygen atoms in total. The Bertz CT molecular complexity index is 778. The topological polar surface area (TPSA) is 49.5 Å². The number of aromatic nitrogens is 1. The minimum absolute atomic E-state index is 0.0624. The number of oxazole rings is 1. The molecule has 0 spiro atoms. The number of likely N-dealkylation sites (N-methyl/N-ethyl adjacent to an activating group) is 1. The molecular formula is C18H18N2O2. The van der Waals surface area contributed by atoms with Crippen molar-refractivity contribution in [2.24, 2.45) is 0 Å². The molecule has 1 aliphatic rings. The van der Waals surface area contributed by atoms with Gasteiger partial charge in [0.1, 0.15) is 5.52 Å². The van der Waals surface area contributed by atoms with E-state index in [4.69, 9.17) is 4.42 Å². The van der Waals surface area contributed by atoms with Crippen LogP contribution in [0.3, 0.4) is 0 Å². The molecule has 4 heteroatoms. The van der Waals surface area contributed by atoms with Crippen molar-refractivity contribution < 1.29 is 9.52 Å². The first-order chi connectivity index (χ1) is 10.7. The summed E-state index contributed by atoms with van der Waals surface area (Å²) in [4.78, 5) is 6.63. The molecule has 0 fully saturated rings. The number of benzene rings is 2. The average Bonchev–Trinajstić information content (AvgIpc) is 3.08. The van der Waals surface area contributed by atoms with Gasteiger partial charge in [-0.2, -0.15) is 0 Å². The number of rotatable bonds is 3.